The molecule has 0 amide bonds. The SMILES string of the molecule is CCCCCCCCC(=O)OC[C@@H](OC(=O)CCCCCCCC)[C@@H](OC(=O)CCCCCCCC)[C@H](OC(=O)CCCCCCCC)[C@@H](O)CO. The van der Waals surface area contributed by atoms with Crippen LogP contribution in [0.2, 0.25) is 0 Å². The number of hydrogen-bond acceptors (Lipinski definition) is 10. The summed E-state index contributed by atoms with van der Waals surface area (Å²) < 4.78 is 23.0. The monoisotopic (exact) mass is 743 g/mol. The van der Waals surface area contributed by atoms with Gasteiger partial charge < -0.3 is 29.2 Å². The van der Waals surface area contributed by atoms with Gasteiger partial charge in [-0.05, 0) is 25.7 Å². The molecule has 10 heteroatoms. The molecule has 0 aromatic heterocycles. The molecule has 306 valence electrons. The van der Waals surface area contributed by atoms with E-state index in [-0.39, 0.29) is 25.7 Å². The Morgan fingerprint density at radius 1 is 0.423 bits per heavy atom. The zero-order valence-corrected chi connectivity index (χ0v) is 33.7. The Kier molecular flexibility index (Phi) is 34.3. The average molecular weight is 743 g/mol. The van der Waals surface area contributed by atoms with Gasteiger partial charge in [-0.25, -0.2) is 0 Å². The molecular formula is C42H78O10. The van der Waals surface area contributed by atoms with Crippen molar-refractivity contribution in [2.45, 2.75) is 232 Å². The average Bonchev–Trinajstić information content (AvgIpc) is 3.13. The summed E-state index contributed by atoms with van der Waals surface area (Å²) in [5.74, 6) is -2.29. The first kappa shape index (κ1) is 49.8. The van der Waals surface area contributed by atoms with E-state index in [1.165, 1.54) is 0 Å². The number of hydrogen-bond donors (Lipinski definition) is 2. The highest BCUT2D eigenvalue weighted by molar-refractivity contribution is 5.72. The second-order valence-electron chi connectivity index (χ2n) is 14.4. The predicted molar refractivity (Wildman–Crippen MR) is 206 cm³/mol. The smallest absolute Gasteiger partial charge is 0.306 e. The number of ether oxygens (including phenoxy) is 4. The quantitative estimate of drug-likeness (QED) is 0.0358. The van der Waals surface area contributed by atoms with Crippen molar-refractivity contribution < 1.29 is 48.3 Å². The Labute approximate surface area is 316 Å². The number of unbranched alkanes of at least 4 members (excludes halogenated alkanes) is 20. The summed E-state index contributed by atoms with van der Waals surface area (Å²) in [7, 11) is 0. The maximum atomic E-state index is 13.3. The highest BCUT2D eigenvalue weighted by Gasteiger charge is 2.42. The minimum Gasteiger partial charge on any atom is -0.462 e. The predicted octanol–water partition coefficient (Wildman–Crippen LogP) is 9.62. The largest absolute Gasteiger partial charge is 0.462 e. The summed E-state index contributed by atoms with van der Waals surface area (Å²) in [6, 6.07) is 0. The van der Waals surface area contributed by atoms with Gasteiger partial charge in [0.15, 0.2) is 18.3 Å². The summed E-state index contributed by atoms with van der Waals surface area (Å²) in [6.45, 7) is 7.32. The third-order valence-electron chi connectivity index (χ3n) is 9.42. The first-order chi connectivity index (χ1) is 25.2. The summed E-state index contributed by atoms with van der Waals surface area (Å²) in [5.41, 5.74) is 0. The van der Waals surface area contributed by atoms with Gasteiger partial charge >= 0.3 is 23.9 Å². The van der Waals surface area contributed by atoms with Gasteiger partial charge in [0.05, 0.1) is 6.61 Å². The molecule has 0 aliphatic carbocycles. The lowest BCUT2D eigenvalue weighted by Crippen LogP contribution is -2.53. The van der Waals surface area contributed by atoms with Crippen LogP contribution in [0.5, 0.6) is 0 Å². The van der Waals surface area contributed by atoms with E-state index in [9.17, 15) is 29.4 Å². The Morgan fingerprint density at radius 2 is 0.731 bits per heavy atom. The third kappa shape index (κ3) is 28.3. The molecule has 0 aliphatic heterocycles. The summed E-state index contributed by atoms with van der Waals surface area (Å²) in [4.78, 5) is 52.3. The van der Waals surface area contributed by atoms with Crippen LogP contribution < -0.4 is 0 Å². The summed E-state index contributed by atoms with van der Waals surface area (Å²) in [6.07, 6.45) is 17.6. The molecule has 0 saturated heterocycles. The second-order valence-corrected chi connectivity index (χ2v) is 14.4. The van der Waals surface area contributed by atoms with Crippen LogP contribution in [-0.2, 0) is 38.1 Å². The van der Waals surface area contributed by atoms with Crippen molar-refractivity contribution in [1.29, 1.82) is 0 Å². The molecule has 0 aromatic carbocycles. The van der Waals surface area contributed by atoms with Crippen molar-refractivity contribution in [1.82, 2.24) is 0 Å². The van der Waals surface area contributed by atoms with E-state index >= 15 is 0 Å². The minimum atomic E-state index is -1.64. The number of aliphatic hydroxyl groups excluding tert-OH is 2. The highest BCUT2D eigenvalue weighted by atomic mass is 16.6. The zero-order valence-electron chi connectivity index (χ0n) is 33.7. The van der Waals surface area contributed by atoms with Crippen molar-refractivity contribution >= 4 is 23.9 Å². The maximum absolute atomic E-state index is 13.3. The molecule has 0 saturated carbocycles. The normalized spacial score (nSPS) is 13.6. The van der Waals surface area contributed by atoms with Crippen LogP contribution in [-0.4, -0.2) is 71.7 Å². The number of esters is 4. The van der Waals surface area contributed by atoms with Gasteiger partial charge in [-0.1, -0.05) is 156 Å². The fraction of sp³-hybridized carbons (Fsp3) is 0.905. The lowest BCUT2D eigenvalue weighted by molar-refractivity contribution is -0.202. The van der Waals surface area contributed by atoms with E-state index in [0.29, 0.717) is 25.7 Å². The van der Waals surface area contributed by atoms with E-state index in [1.807, 2.05) is 0 Å². The third-order valence-corrected chi connectivity index (χ3v) is 9.42. The van der Waals surface area contributed by atoms with Crippen LogP contribution >= 0.6 is 0 Å². The van der Waals surface area contributed by atoms with Crippen LogP contribution in [0.1, 0.15) is 207 Å². The standard InChI is InChI=1S/C42H78O10/c1-5-9-13-17-21-25-29-37(45)49-34-36(50-38(46)30-26-22-18-14-10-6-2)42(52-40(48)32-28-24-20-16-12-8-4)41(35(44)33-43)51-39(47)31-27-23-19-15-11-7-3/h35-36,41-44H,5-34H2,1-4H3/t35-,36+,41+,42+/m0/s1. The van der Waals surface area contributed by atoms with Crippen molar-refractivity contribution in [2.75, 3.05) is 13.2 Å². The molecule has 0 unspecified atom stereocenters. The zero-order chi connectivity index (χ0) is 38.7. The van der Waals surface area contributed by atoms with Crippen molar-refractivity contribution in [3.8, 4) is 0 Å². The minimum absolute atomic E-state index is 0.0759. The maximum Gasteiger partial charge on any atom is 0.306 e. The summed E-state index contributed by atoms with van der Waals surface area (Å²) in [5, 5.41) is 21.0. The van der Waals surface area contributed by atoms with Gasteiger partial charge in [0.25, 0.3) is 0 Å². The van der Waals surface area contributed by atoms with Gasteiger partial charge in [0.1, 0.15) is 12.7 Å². The second kappa shape index (κ2) is 35.8. The highest BCUT2D eigenvalue weighted by Crippen LogP contribution is 2.22. The molecule has 2 N–H and O–H groups in total. The number of carbonyl (C=O) groups excluding carboxylic acids is 4. The van der Waals surface area contributed by atoms with Gasteiger partial charge in [-0.3, -0.25) is 19.2 Å². The molecule has 4 atom stereocenters. The molecule has 0 spiro atoms. The molecule has 0 heterocycles. The molecule has 0 aliphatic rings. The van der Waals surface area contributed by atoms with Crippen molar-refractivity contribution in [3.63, 3.8) is 0 Å². The Hall–Kier alpha value is -2.20. The van der Waals surface area contributed by atoms with Gasteiger partial charge in [-0.15, -0.1) is 0 Å². The van der Waals surface area contributed by atoms with Gasteiger partial charge in [-0.2, -0.15) is 0 Å². The molecule has 10 nitrogen and oxygen atoms in total. The molecule has 0 fully saturated rings. The first-order valence-corrected chi connectivity index (χ1v) is 21.3. The van der Waals surface area contributed by atoms with E-state index in [2.05, 4.69) is 27.7 Å². The number of aliphatic hydroxyl groups is 2. The Balaban J connectivity index is 6.03. The fourth-order valence-electron chi connectivity index (χ4n) is 6.11. The topological polar surface area (TPSA) is 146 Å². The van der Waals surface area contributed by atoms with Gasteiger partial charge in [0, 0.05) is 25.7 Å². The summed E-state index contributed by atoms with van der Waals surface area (Å²) >= 11 is 0. The molecule has 0 radical (unpaired) electrons. The van der Waals surface area contributed by atoms with Crippen LogP contribution in [0.15, 0.2) is 0 Å². The van der Waals surface area contributed by atoms with Crippen LogP contribution in [0.4, 0.5) is 0 Å². The Bertz CT molecular complexity index is 879. The molecular weight excluding hydrogens is 664 g/mol. The molecule has 52 heavy (non-hydrogen) atoms. The first-order valence-electron chi connectivity index (χ1n) is 21.3. The van der Waals surface area contributed by atoms with E-state index in [1.54, 1.807) is 0 Å². The number of carbonyl (C=O) groups is 4. The van der Waals surface area contributed by atoms with Crippen molar-refractivity contribution in [3.05, 3.63) is 0 Å². The van der Waals surface area contributed by atoms with Crippen LogP contribution in [0.25, 0.3) is 0 Å². The Morgan fingerprint density at radius 3 is 1.10 bits per heavy atom. The van der Waals surface area contributed by atoms with Crippen LogP contribution in [0.3, 0.4) is 0 Å². The van der Waals surface area contributed by atoms with Gasteiger partial charge in [0.2, 0.25) is 0 Å². The lowest BCUT2D eigenvalue weighted by Gasteiger charge is -2.34. The lowest BCUT2D eigenvalue weighted by atomic mass is 10.0. The van der Waals surface area contributed by atoms with E-state index in [0.717, 1.165) is 128 Å². The molecule has 0 aromatic rings. The molecule has 0 rings (SSSR count). The molecule has 0 bridgehead atoms. The fourth-order valence-corrected chi connectivity index (χ4v) is 6.11. The van der Waals surface area contributed by atoms with Crippen LogP contribution in [0, 0.1) is 0 Å². The number of rotatable bonds is 37. The van der Waals surface area contributed by atoms with E-state index < -0.39 is 61.5 Å². The van der Waals surface area contributed by atoms with E-state index in [4.69, 9.17) is 18.9 Å². The van der Waals surface area contributed by atoms with Crippen molar-refractivity contribution in [2.24, 2.45) is 0 Å².